The maximum atomic E-state index is 12.7. The highest BCUT2D eigenvalue weighted by Gasteiger charge is 2.46. The standard InChI is InChI=1S/C22H25N3O4/c1-3-18-20(29-22(26)17-12-8-5-9-13-17)21(19(24-25-23)15(2)28-18)27-14-16-10-6-4-7-11-16/h4-13,15,18-21H,3,14H2,1-2H3/t15-,18?,19-,20-,21+/m1/s1. The summed E-state index contributed by atoms with van der Waals surface area (Å²) in [6.07, 6.45) is -1.40. The van der Waals surface area contributed by atoms with Crippen LogP contribution in [0.3, 0.4) is 0 Å². The highest BCUT2D eigenvalue weighted by atomic mass is 16.6. The van der Waals surface area contributed by atoms with Crippen LogP contribution in [-0.4, -0.2) is 36.4 Å². The molecule has 0 aromatic heterocycles. The fraction of sp³-hybridized carbons (Fsp3) is 0.409. The van der Waals surface area contributed by atoms with Crippen LogP contribution in [0, 0.1) is 0 Å². The van der Waals surface area contributed by atoms with E-state index in [1.165, 1.54) is 0 Å². The normalized spacial score (nSPS) is 26.3. The Balaban J connectivity index is 1.85. The van der Waals surface area contributed by atoms with Gasteiger partial charge in [-0.25, -0.2) is 4.79 Å². The minimum absolute atomic E-state index is 0.311. The molecule has 7 nitrogen and oxygen atoms in total. The van der Waals surface area contributed by atoms with E-state index in [0.717, 1.165) is 5.56 Å². The molecule has 1 unspecified atom stereocenters. The topological polar surface area (TPSA) is 93.5 Å². The second kappa shape index (κ2) is 10.1. The van der Waals surface area contributed by atoms with Crippen LogP contribution in [0.2, 0.25) is 0 Å². The summed E-state index contributed by atoms with van der Waals surface area (Å²) >= 11 is 0. The summed E-state index contributed by atoms with van der Waals surface area (Å²) in [6.45, 7) is 4.12. The highest BCUT2D eigenvalue weighted by Crippen LogP contribution is 2.31. The van der Waals surface area contributed by atoms with Crippen LogP contribution in [0.4, 0.5) is 0 Å². The van der Waals surface area contributed by atoms with Crippen molar-refractivity contribution in [3.63, 3.8) is 0 Å². The summed E-state index contributed by atoms with van der Waals surface area (Å²) < 4.78 is 18.0. The molecule has 0 N–H and O–H groups in total. The van der Waals surface area contributed by atoms with Crippen molar-refractivity contribution in [2.24, 2.45) is 5.11 Å². The summed E-state index contributed by atoms with van der Waals surface area (Å²) in [5.41, 5.74) is 10.5. The van der Waals surface area contributed by atoms with Gasteiger partial charge in [-0.15, -0.1) is 0 Å². The van der Waals surface area contributed by atoms with Crippen molar-refractivity contribution in [1.82, 2.24) is 0 Å². The van der Waals surface area contributed by atoms with Crippen molar-refractivity contribution in [3.8, 4) is 0 Å². The SMILES string of the molecule is CCC1O[C@H](C)[C@@H](N=[N+]=[N-])[C@H](OCc2ccccc2)[C@@H]1OC(=O)c1ccccc1. The monoisotopic (exact) mass is 395 g/mol. The maximum absolute atomic E-state index is 12.7. The fourth-order valence-corrected chi connectivity index (χ4v) is 3.52. The zero-order valence-corrected chi connectivity index (χ0v) is 16.5. The maximum Gasteiger partial charge on any atom is 0.338 e. The molecular weight excluding hydrogens is 370 g/mol. The molecule has 7 heteroatoms. The molecule has 0 saturated carbocycles. The van der Waals surface area contributed by atoms with E-state index in [0.29, 0.717) is 18.6 Å². The molecule has 1 aliphatic rings. The Labute approximate surface area is 170 Å². The first kappa shape index (κ1) is 20.9. The van der Waals surface area contributed by atoms with Gasteiger partial charge in [0.1, 0.15) is 6.10 Å². The summed E-state index contributed by atoms with van der Waals surface area (Å²) in [4.78, 5) is 15.7. The van der Waals surface area contributed by atoms with Crippen LogP contribution in [0.1, 0.15) is 36.2 Å². The molecule has 1 fully saturated rings. The van der Waals surface area contributed by atoms with Gasteiger partial charge in [-0.2, -0.15) is 0 Å². The van der Waals surface area contributed by atoms with Gasteiger partial charge in [0.15, 0.2) is 6.10 Å². The van der Waals surface area contributed by atoms with E-state index < -0.39 is 24.2 Å². The third-order valence-electron chi connectivity index (χ3n) is 5.02. The lowest BCUT2D eigenvalue weighted by Crippen LogP contribution is -2.58. The summed E-state index contributed by atoms with van der Waals surface area (Å²) in [6, 6.07) is 17.9. The van der Waals surface area contributed by atoms with Crippen molar-refractivity contribution in [1.29, 1.82) is 0 Å². The van der Waals surface area contributed by atoms with Gasteiger partial charge in [0.2, 0.25) is 0 Å². The quantitative estimate of drug-likeness (QED) is 0.295. The Morgan fingerprint density at radius 3 is 2.38 bits per heavy atom. The van der Waals surface area contributed by atoms with Gasteiger partial charge >= 0.3 is 5.97 Å². The zero-order valence-electron chi connectivity index (χ0n) is 16.5. The third kappa shape index (κ3) is 5.15. The lowest BCUT2D eigenvalue weighted by atomic mass is 9.92. The molecule has 0 aliphatic carbocycles. The van der Waals surface area contributed by atoms with E-state index in [2.05, 4.69) is 10.0 Å². The number of carbonyl (C=O) groups is 1. The number of rotatable bonds is 7. The molecule has 1 saturated heterocycles. The lowest BCUT2D eigenvalue weighted by molar-refractivity contribution is -0.193. The van der Waals surface area contributed by atoms with Crippen LogP contribution in [0.15, 0.2) is 65.8 Å². The molecule has 5 atom stereocenters. The molecule has 0 radical (unpaired) electrons. The smallest absolute Gasteiger partial charge is 0.338 e. The van der Waals surface area contributed by atoms with Crippen molar-refractivity contribution in [2.45, 2.75) is 57.3 Å². The number of benzene rings is 2. The Morgan fingerprint density at radius 1 is 1.10 bits per heavy atom. The van der Waals surface area contributed by atoms with Crippen LogP contribution in [0.5, 0.6) is 0 Å². The van der Waals surface area contributed by atoms with Gasteiger partial charge in [-0.05, 0) is 36.6 Å². The molecule has 0 amide bonds. The van der Waals surface area contributed by atoms with E-state index in [9.17, 15) is 4.79 Å². The summed E-state index contributed by atoms with van der Waals surface area (Å²) in [5, 5.41) is 3.90. The van der Waals surface area contributed by atoms with Crippen LogP contribution >= 0.6 is 0 Å². The summed E-state index contributed by atoms with van der Waals surface area (Å²) in [5.74, 6) is -0.458. The van der Waals surface area contributed by atoms with E-state index in [1.807, 2.05) is 50.2 Å². The van der Waals surface area contributed by atoms with Gasteiger partial charge in [0, 0.05) is 4.91 Å². The molecule has 0 spiro atoms. The first-order chi connectivity index (χ1) is 14.1. The van der Waals surface area contributed by atoms with Gasteiger partial charge in [0.05, 0.1) is 30.4 Å². The Hall–Kier alpha value is -2.86. The predicted octanol–water partition coefficient (Wildman–Crippen LogP) is 4.67. The van der Waals surface area contributed by atoms with E-state index in [1.54, 1.807) is 24.3 Å². The average molecular weight is 395 g/mol. The second-order valence-corrected chi connectivity index (χ2v) is 6.98. The van der Waals surface area contributed by atoms with Crippen molar-refractivity contribution in [2.75, 3.05) is 0 Å². The zero-order chi connectivity index (χ0) is 20.6. The summed E-state index contributed by atoms with van der Waals surface area (Å²) in [7, 11) is 0. The number of carbonyl (C=O) groups excluding carboxylic acids is 1. The molecule has 29 heavy (non-hydrogen) atoms. The van der Waals surface area contributed by atoms with Crippen molar-refractivity contribution >= 4 is 5.97 Å². The lowest BCUT2D eigenvalue weighted by Gasteiger charge is -2.43. The largest absolute Gasteiger partial charge is 0.453 e. The number of hydrogen-bond acceptors (Lipinski definition) is 5. The van der Waals surface area contributed by atoms with Gasteiger partial charge < -0.3 is 14.2 Å². The number of esters is 1. The molecule has 1 heterocycles. The second-order valence-electron chi connectivity index (χ2n) is 6.98. The first-order valence-electron chi connectivity index (χ1n) is 9.75. The molecule has 3 rings (SSSR count). The van der Waals surface area contributed by atoms with Gasteiger partial charge in [-0.1, -0.05) is 60.6 Å². The minimum atomic E-state index is -0.692. The third-order valence-corrected chi connectivity index (χ3v) is 5.02. The molecule has 152 valence electrons. The fourth-order valence-electron chi connectivity index (χ4n) is 3.52. The average Bonchev–Trinajstić information content (AvgIpc) is 2.76. The van der Waals surface area contributed by atoms with E-state index in [-0.39, 0.29) is 12.2 Å². The highest BCUT2D eigenvalue weighted by molar-refractivity contribution is 5.89. The van der Waals surface area contributed by atoms with Gasteiger partial charge in [0.25, 0.3) is 0 Å². The van der Waals surface area contributed by atoms with Crippen LogP contribution in [0.25, 0.3) is 10.4 Å². The molecule has 2 aromatic carbocycles. The number of nitrogens with zero attached hydrogens (tertiary/aromatic N) is 3. The molecule has 0 bridgehead atoms. The van der Waals surface area contributed by atoms with Crippen LogP contribution < -0.4 is 0 Å². The van der Waals surface area contributed by atoms with E-state index >= 15 is 0 Å². The van der Waals surface area contributed by atoms with Gasteiger partial charge in [-0.3, -0.25) is 0 Å². The number of hydrogen-bond donors (Lipinski definition) is 0. The van der Waals surface area contributed by atoms with Crippen molar-refractivity contribution in [3.05, 3.63) is 82.2 Å². The number of azide groups is 1. The Morgan fingerprint density at radius 2 is 1.76 bits per heavy atom. The Kier molecular flexibility index (Phi) is 7.25. The first-order valence-corrected chi connectivity index (χ1v) is 9.75. The Bertz CT molecular complexity index is 840. The molecular formula is C22H25N3O4. The van der Waals surface area contributed by atoms with Crippen LogP contribution in [-0.2, 0) is 20.8 Å². The predicted molar refractivity (Wildman–Crippen MR) is 108 cm³/mol. The minimum Gasteiger partial charge on any atom is -0.453 e. The number of ether oxygens (including phenoxy) is 3. The molecule has 2 aromatic rings. The van der Waals surface area contributed by atoms with E-state index in [4.69, 9.17) is 19.7 Å². The van der Waals surface area contributed by atoms with Crippen molar-refractivity contribution < 1.29 is 19.0 Å². The molecule has 1 aliphatic heterocycles.